The van der Waals surface area contributed by atoms with Crippen molar-refractivity contribution in [3.63, 3.8) is 0 Å². The number of esters is 1. The molecular formula is C8H15NO3S. The molecule has 0 rings (SSSR count). The highest BCUT2D eigenvalue weighted by Crippen LogP contribution is 1.95. The summed E-state index contributed by atoms with van der Waals surface area (Å²) in [5.74, 6) is -0.0179. The highest BCUT2D eigenvalue weighted by molar-refractivity contribution is 7.99. The van der Waals surface area contributed by atoms with Crippen LogP contribution in [-0.4, -0.2) is 49.0 Å². The fourth-order valence-electron chi connectivity index (χ4n) is 0.722. The second-order valence-electron chi connectivity index (χ2n) is 2.49. The van der Waals surface area contributed by atoms with Crippen LogP contribution in [0.4, 0.5) is 0 Å². The lowest BCUT2D eigenvalue weighted by molar-refractivity contribution is -0.147. The SMILES string of the molecule is CCOC(=O)CN(C)C(=O)CSC. The lowest BCUT2D eigenvalue weighted by Crippen LogP contribution is -2.34. The van der Waals surface area contributed by atoms with E-state index in [1.807, 2.05) is 6.26 Å². The van der Waals surface area contributed by atoms with E-state index in [1.165, 1.54) is 16.7 Å². The van der Waals surface area contributed by atoms with Crippen molar-refractivity contribution in [2.24, 2.45) is 0 Å². The number of carbonyl (C=O) groups excluding carboxylic acids is 2. The number of ether oxygens (including phenoxy) is 1. The summed E-state index contributed by atoms with van der Waals surface area (Å²) in [6, 6.07) is 0. The average molecular weight is 205 g/mol. The highest BCUT2D eigenvalue weighted by atomic mass is 32.2. The van der Waals surface area contributed by atoms with Crippen LogP contribution in [0.3, 0.4) is 0 Å². The molecule has 0 bridgehead atoms. The molecule has 0 spiro atoms. The predicted octanol–water partition coefficient (Wildman–Crippen LogP) is 0.371. The molecular weight excluding hydrogens is 190 g/mol. The summed E-state index contributed by atoms with van der Waals surface area (Å²) in [5, 5.41) is 0. The van der Waals surface area contributed by atoms with Crippen molar-refractivity contribution in [2.75, 3.05) is 32.2 Å². The van der Waals surface area contributed by atoms with E-state index in [1.54, 1.807) is 14.0 Å². The molecule has 0 aromatic heterocycles. The van der Waals surface area contributed by atoms with Gasteiger partial charge in [0.2, 0.25) is 5.91 Å². The minimum atomic E-state index is -0.362. The van der Waals surface area contributed by atoms with E-state index in [0.29, 0.717) is 12.4 Å². The average Bonchev–Trinajstić information content (AvgIpc) is 2.05. The van der Waals surface area contributed by atoms with Crippen LogP contribution in [0.2, 0.25) is 0 Å². The fourth-order valence-corrected chi connectivity index (χ4v) is 1.19. The number of nitrogens with zero attached hydrogens (tertiary/aromatic N) is 1. The van der Waals surface area contributed by atoms with E-state index in [2.05, 4.69) is 0 Å². The topological polar surface area (TPSA) is 46.6 Å². The van der Waals surface area contributed by atoms with Gasteiger partial charge in [-0.05, 0) is 13.2 Å². The number of carbonyl (C=O) groups is 2. The summed E-state index contributed by atoms with van der Waals surface area (Å²) in [6.07, 6.45) is 1.84. The molecule has 0 aliphatic carbocycles. The van der Waals surface area contributed by atoms with Crippen LogP contribution in [0.25, 0.3) is 0 Å². The van der Waals surface area contributed by atoms with Gasteiger partial charge in [-0.1, -0.05) is 0 Å². The first-order valence-electron chi connectivity index (χ1n) is 4.00. The molecule has 0 N–H and O–H groups in total. The van der Waals surface area contributed by atoms with Gasteiger partial charge >= 0.3 is 5.97 Å². The van der Waals surface area contributed by atoms with Gasteiger partial charge in [-0.3, -0.25) is 9.59 Å². The quantitative estimate of drug-likeness (QED) is 0.608. The number of hydrogen-bond donors (Lipinski definition) is 0. The second kappa shape index (κ2) is 6.77. The molecule has 4 nitrogen and oxygen atoms in total. The summed E-state index contributed by atoms with van der Waals surface area (Å²) in [5.41, 5.74) is 0. The van der Waals surface area contributed by atoms with Crippen LogP contribution in [0.5, 0.6) is 0 Å². The maximum Gasteiger partial charge on any atom is 0.325 e. The first kappa shape index (κ1) is 12.3. The summed E-state index contributed by atoms with van der Waals surface area (Å²) >= 11 is 1.44. The normalized spacial score (nSPS) is 9.46. The molecule has 76 valence electrons. The summed E-state index contributed by atoms with van der Waals surface area (Å²) in [4.78, 5) is 23.5. The Hall–Kier alpha value is -0.710. The fraction of sp³-hybridized carbons (Fsp3) is 0.750. The lowest BCUT2D eigenvalue weighted by Gasteiger charge is -2.14. The van der Waals surface area contributed by atoms with Crippen LogP contribution in [-0.2, 0) is 14.3 Å². The van der Waals surface area contributed by atoms with Gasteiger partial charge in [0, 0.05) is 7.05 Å². The third-order valence-electron chi connectivity index (χ3n) is 1.37. The van der Waals surface area contributed by atoms with Crippen molar-refractivity contribution in [2.45, 2.75) is 6.92 Å². The van der Waals surface area contributed by atoms with Gasteiger partial charge in [0.1, 0.15) is 6.54 Å². The Bertz CT molecular complexity index is 184. The molecule has 1 amide bonds. The van der Waals surface area contributed by atoms with Crippen molar-refractivity contribution in [1.29, 1.82) is 0 Å². The molecule has 0 aliphatic heterocycles. The van der Waals surface area contributed by atoms with Crippen molar-refractivity contribution in [1.82, 2.24) is 4.90 Å². The van der Waals surface area contributed by atoms with Crippen molar-refractivity contribution >= 4 is 23.6 Å². The van der Waals surface area contributed by atoms with Gasteiger partial charge in [-0.2, -0.15) is 11.8 Å². The Labute approximate surface area is 82.6 Å². The number of hydrogen-bond acceptors (Lipinski definition) is 4. The molecule has 0 saturated heterocycles. The first-order chi connectivity index (χ1) is 6.11. The van der Waals surface area contributed by atoms with Crippen LogP contribution in [0, 0.1) is 0 Å². The van der Waals surface area contributed by atoms with Gasteiger partial charge in [0.15, 0.2) is 0 Å². The van der Waals surface area contributed by atoms with Gasteiger partial charge in [0.25, 0.3) is 0 Å². The number of amides is 1. The lowest BCUT2D eigenvalue weighted by atomic mass is 10.5. The zero-order valence-electron chi connectivity index (χ0n) is 8.20. The minimum absolute atomic E-state index is 0.0350. The molecule has 0 heterocycles. The standard InChI is InChI=1S/C8H15NO3S/c1-4-12-8(11)5-9(2)7(10)6-13-3/h4-6H2,1-3H3. The highest BCUT2D eigenvalue weighted by Gasteiger charge is 2.12. The Morgan fingerprint density at radius 2 is 2.08 bits per heavy atom. The smallest absolute Gasteiger partial charge is 0.325 e. The molecule has 5 heteroatoms. The molecule has 13 heavy (non-hydrogen) atoms. The molecule has 0 aromatic rings. The Morgan fingerprint density at radius 3 is 2.54 bits per heavy atom. The first-order valence-corrected chi connectivity index (χ1v) is 5.39. The molecule has 0 saturated carbocycles. The third kappa shape index (κ3) is 5.52. The monoisotopic (exact) mass is 205 g/mol. The largest absolute Gasteiger partial charge is 0.465 e. The maximum atomic E-state index is 11.2. The van der Waals surface area contributed by atoms with E-state index in [4.69, 9.17) is 4.74 Å². The predicted molar refractivity (Wildman–Crippen MR) is 52.7 cm³/mol. The van der Waals surface area contributed by atoms with E-state index >= 15 is 0 Å². The van der Waals surface area contributed by atoms with Gasteiger partial charge in [-0.15, -0.1) is 0 Å². The van der Waals surface area contributed by atoms with E-state index in [9.17, 15) is 9.59 Å². The molecule has 0 unspecified atom stereocenters. The summed E-state index contributed by atoms with van der Waals surface area (Å²) in [7, 11) is 1.59. The van der Waals surface area contributed by atoms with Gasteiger partial charge < -0.3 is 9.64 Å². The Balaban J connectivity index is 3.78. The van der Waals surface area contributed by atoms with Crippen molar-refractivity contribution < 1.29 is 14.3 Å². The van der Waals surface area contributed by atoms with Crippen LogP contribution in [0.15, 0.2) is 0 Å². The minimum Gasteiger partial charge on any atom is -0.465 e. The molecule has 0 aliphatic rings. The van der Waals surface area contributed by atoms with Gasteiger partial charge in [-0.25, -0.2) is 0 Å². The molecule has 0 fully saturated rings. The zero-order chi connectivity index (χ0) is 10.3. The summed E-state index contributed by atoms with van der Waals surface area (Å²) < 4.78 is 4.70. The number of rotatable bonds is 5. The molecule has 0 atom stereocenters. The summed E-state index contributed by atoms with van der Waals surface area (Å²) in [6.45, 7) is 2.12. The molecule has 0 radical (unpaired) electrons. The second-order valence-corrected chi connectivity index (χ2v) is 3.35. The van der Waals surface area contributed by atoms with E-state index in [-0.39, 0.29) is 18.4 Å². The van der Waals surface area contributed by atoms with Crippen LogP contribution >= 0.6 is 11.8 Å². The Kier molecular flexibility index (Phi) is 6.40. The number of thioether (sulfide) groups is 1. The van der Waals surface area contributed by atoms with Crippen LogP contribution in [0.1, 0.15) is 6.92 Å². The van der Waals surface area contributed by atoms with Gasteiger partial charge in [0.05, 0.1) is 12.4 Å². The maximum absolute atomic E-state index is 11.2. The third-order valence-corrected chi connectivity index (χ3v) is 1.90. The van der Waals surface area contributed by atoms with E-state index < -0.39 is 0 Å². The van der Waals surface area contributed by atoms with Crippen molar-refractivity contribution in [3.05, 3.63) is 0 Å². The zero-order valence-corrected chi connectivity index (χ0v) is 9.02. The number of likely N-dealkylation sites (N-methyl/N-ethyl adjacent to an activating group) is 1. The van der Waals surface area contributed by atoms with Crippen molar-refractivity contribution in [3.8, 4) is 0 Å². The molecule has 0 aromatic carbocycles. The van der Waals surface area contributed by atoms with Crippen LogP contribution < -0.4 is 0 Å². The van der Waals surface area contributed by atoms with E-state index in [0.717, 1.165) is 0 Å². The Morgan fingerprint density at radius 1 is 1.46 bits per heavy atom.